The van der Waals surface area contributed by atoms with Crippen molar-refractivity contribution in [3.63, 3.8) is 0 Å². The monoisotopic (exact) mass is 265 g/mol. The molecule has 2 rings (SSSR count). The molecule has 0 bridgehead atoms. The molecule has 6 nitrogen and oxygen atoms in total. The van der Waals surface area contributed by atoms with Gasteiger partial charge in [-0.05, 0) is 13.3 Å². The predicted octanol–water partition coefficient (Wildman–Crippen LogP) is 0.559. The lowest BCUT2D eigenvalue weighted by Crippen LogP contribution is -2.51. The standard InChI is InChI=1S/C13H23N5O/c1-4-10(2)17-5-7-18(8-6-17)13(19)12-11(14)9-15-16(12)3/h9-10H,4-8,14H2,1-3H3. The van der Waals surface area contributed by atoms with Crippen LogP contribution >= 0.6 is 0 Å². The summed E-state index contributed by atoms with van der Waals surface area (Å²) in [5, 5.41) is 4.02. The van der Waals surface area contributed by atoms with E-state index in [0.29, 0.717) is 17.4 Å². The second-order valence-corrected chi connectivity index (χ2v) is 5.16. The van der Waals surface area contributed by atoms with Crippen LogP contribution in [0.3, 0.4) is 0 Å². The zero-order valence-electron chi connectivity index (χ0n) is 12.0. The number of hydrogen-bond acceptors (Lipinski definition) is 4. The summed E-state index contributed by atoms with van der Waals surface area (Å²) >= 11 is 0. The molecule has 19 heavy (non-hydrogen) atoms. The Morgan fingerprint density at radius 3 is 2.53 bits per heavy atom. The van der Waals surface area contributed by atoms with E-state index in [1.165, 1.54) is 6.20 Å². The van der Waals surface area contributed by atoms with E-state index in [9.17, 15) is 4.79 Å². The van der Waals surface area contributed by atoms with Crippen molar-refractivity contribution in [2.24, 2.45) is 7.05 Å². The first-order chi connectivity index (χ1) is 9.04. The number of carbonyl (C=O) groups excluding carboxylic acids is 1. The number of hydrogen-bond donors (Lipinski definition) is 1. The van der Waals surface area contributed by atoms with Crippen LogP contribution in [-0.2, 0) is 7.05 Å². The van der Waals surface area contributed by atoms with E-state index in [2.05, 4.69) is 23.8 Å². The van der Waals surface area contributed by atoms with Crippen LogP contribution in [0.4, 0.5) is 5.69 Å². The Morgan fingerprint density at radius 2 is 2.05 bits per heavy atom. The van der Waals surface area contributed by atoms with E-state index in [4.69, 9.17) is 5.73 Å². The van der Waals surface area contributed by atoms with Crippen molar-refractivity contribution in [3.8, 4) is 0 Å². The smallest absolute Gasteiger partial charge is 0.274 e. The number of aryl methyl sites for hydroxylation is 1. The number of piperazine rings is 1. The minimum atomic E-state index is -0.0127. The van der Waals surface area contributed by atoms with Gasteiger partial charge in [-0.3, -0.25) is 14.4 Å². The van der Waals surface area contributed by atoms with Gasteiger partial charge in [-0.1, -0.05) is 6.92 Å². The maximum absolute atomic E-state index is 12.4. The minimum Gasteiger partial charge on any atom is -0.396 e. The number of carbonyl (C=O) groups is 1. The molecule has 1 aromatic rings. The van der Waals surface area contributed by atoms with Gasteiger partial charge in [-0.25, -0.2) is 0 Å². The maximum atomic E-state index is 12.4. The normalized spacial score (nSPS) is 18.6. The van der Waals surface area contributed by atoms with Gasteiger partial charge in [0.15, 0.2) is 0 Å². The molecule has 1 aromatic heterocycles. The van der Waals surface area contributed by atoms with Gasteiger partial charge in [0.05, 0.1) is 11.9 Å². The Kier molecular flexibility index (Phi) is 4.09. The summed E-state index contributed by atoms with van der Waals surface area (Å²) in [4.78, 5) is 16.7. The van der Waals surface area contributed by atoms with Gasteiger partial charge in [0.2, 0.25) is 0 Å². The van der Waals surface area contributed by atoms with E-state index >= 15 is 0 Å². The first-order valence-electron chi connectivity index (χ1n) is 6.85. The summed E-state index contributed by atoms with van der Waals surface area (Å²) in [6.07, 6.45) is 2.67. The van der Waals surface area contributed by atoms with Gasteiger partial charge in [-0.15, -0.1) is 0 Å². The summed E-state index contributed by atoms with van der Waals surface area (Å²) in [7, 11) is 1.75. The summed E-state index contributed by atoms with van der Waals surface area (Å²) in [5.74, 6) is -0.0127. The van der Waals surface area contributed by atoms with Crippen molar-refractivity contribution in [2.75, 3.05) is 31.9 Å². The van der Waals surface area contributed by atoms with E-state index in [1.54, 1.807) is 11.7 Å². The van der Waals surface area contributed by atoms with Crippen molar-refractivity contribution >= 4 is 11.6 Å². The Morgan fingerprint density at radius 1 is 1.42 bits per heavy atom. The van der Waals surface area contributed by atoms with E-state index in [1.807, 2.05) is 4.90 Å². The molecule has 2 heterocycles. The SMILES string of the molecule is CCC(C)N1CCN(C(=O)c2c(N)cnn2C)CC1. The van der Waals surface area contributed by atoms with Crippen molar-refractivity contribution in [2.45, 2.75) is 26.3 Å². The van der Waals surface area contributed by atoms with E-state index < -0.39 is 0 Å². The van der Waals surface area contributed by atoms with Gasteiger partial charge < -0.3 is 10.6 Å². The quantitative estimate of drug-likeness (QED) is 0.867. The third-order valence-electron chi connectivity index (χ3n) is 3.99. The van der Waals surface area contributed by atoms with Crippen LogP contribution in [0.1, 0.15) is 30.8 Å². The second-order valence-electron chi connectivity index (χ2n) is 5.16. The molecule has 0 aromatic carbocycles. The number of rotatable bonds is 3. The molecule has 0 spiro atoms. The molecule has 1 aliphatic heterocycles. The van der Waals surface area contributed by atoms with Crippen LogP contribution in [0.25, 0.3) is 0 Å². The molecular weight excluding hydrogens is 242 g/mol. The molecule has 0 aliphatic carbocycles. The van der Waals surface area contributed by atoms with Gasteiger partial charge in [0, 0.05) is 39.3 Å². The van der Waals surface area contributed by atoms with Crippen molar-refractivity contribution in [1.82, 2.24) is 19.6 Å². The largest absolute Gasteiger partial charge is 0.396 e. The zero-order valence-corrected chi connectivity index (χ0v) is 12.0. The Balaban J connectivity index is 2.00. The molecule has 2 N–H and O–H groups in total. The number of amides is 1. The average Bonchev–Trinajstić information content (AvgIpc) is 2.77. The number of nitrogen functional groups attached to an aromatic ring is 1. The van der Waals surface area contributed by atoms with Gasteiger partial charge in [0.1, 0.15) is 5.69 Å². The molecule has 0 saturated carbocycles. The van der Waals surface area contributed by atoms with Crippen LogP contribution in [0.5, 0.6) is 0 Å². The van der Waals surface area contributed by atoms with E-state index in [0.717, 1.165) is 32.6 Å². The van der Waals surface area contributed by atoms with Crippen molar-refractivity contribution < 1.29 is 4.79 Å². The van der Waals surface area contributed by atoms with Crippen LogP contribution in [0, 0.1) is 0 Å². The highest BCUT2D eigenvalue weighted by atomic mass is 16.2. The fraction of sp³-hybridized carbons (Fsp3) is 0.692. The highest BCUT2D eigenvalue weighted by molar-refractivity contribution is 5.97. The lowest BCUT2D eigenvalue weighted by molar-refractivity contribution is 0.0570. The molecular formula is C13H23N5O. The summed E-state index contributed by atoms with van der Waals surface area (Å²) < 4.78 is 1.55. The third kappa shape index (κ3) is 2.73. The summed E-state index contributed by atoms with van der Waals surface area (Å²) in [6, 6.07) is 0.582. The molecule has 0 radical (unpaired) electrons. The van der Waals surface area contributed by atoms with Crippen LogP contribution in [0.2, 0.25) is 0 Å². The lowest BCUT2D eigenvalue weighted by Gasteiger charge is -2.37. The number of aromatic nitrogens is 2. The summed E-state index contributed by atoms with van der Waals surface area (Å²) in [5.41, 5.74) is 6.76. The highest BCUT2D eigenvalue weighted by Gasteiger charge is 2.26. The first-order valence-corrected chi connectivity index (χ1v) is 6.85. The molecule has 1 atom stereocenters. The molecule has 106 valence electrons. The topological polar surface area (TPSA) is 67.4 Å². The molecule has 6 heteroatoms. The average molecular weight is 265 g/mol. The fourth-order valence-electron chi connectivity index (χ4n) is 2.49. The van der Waals surface area contributed by atoms with Crippen molar-refractivity contribution in [1.29, 1.82) is 0 Å². The van der Waals surface area contributed by atoms with Crippen molar-refractivity contribution in [3.05, 3.63) is 11.9 Å². The number of anilines is 1. The molecule has 1 unspecified atom stereocenters. The summed E-state index contributed by atoms with van der Waals surface area (Å²) in [6.45, 7) is 7.80. The van der Waals surface area contributed by atoms with E-state index in [-0.39, 0.29) is 5.91 Å². The Bertz CT molecular complexity index is 428. The number of nitrogens with zero attached hydrogens (tertiary/aromatic N) is 4. The zero-order chi connectivity index (χ0) is 14.0. The maximum Gasteiger partial charge on any atom is 0.274 e. The number of nitrogens with two attached hydrogens (primary N) is 1. The third-order valence-corrected chi connectivity index (χ3v) is 3.99. The first kappa shape index (κ1) is 13.9. The van der Waals surface area contributed by atoms with Gasteiger partial charge in [0.25, 0.3) is 5.91 Å². The molecule has 1 amide bonds. The van der Waals surface area contributed by atoms with Gasteiger partial charge >= 0.3 is 0 Å². The molecule has 1 fully saturated rings. The van der Waals surface area contributed by atoms with Crippen LogP contribution in [0.15, 0.2) is 6.20 Å². The minimum absolute atomic E-state index is 0.0127. The molecule has 1 saturated heterocycles. The van der Waals surface area contributed by atoms with Gasteiger partial charge in [-0.2, -0.15) is 5.10 Å². The fourth-order valence-corrected chi connectivity index (χ4v) is 2.49. The Hall–Kier alpha value is -1.56. The lowest BCUT2D eigenvalue weighted by atomic mass is 10.2. The predicted molar refractivity (Wildman–Crippen MR) is 74.8 cm³/mol. The highest BCUT2D eigenvalue weighted by Crippen LogP contribution is 2.15. The van der Waals surface area contributed by atoms with Crippen LogP contribution < -0.4 is 5.73 Å². The second kappa shape index (κ2) is 5.61. The van der Waals surface area contributed by atoms with Crippen LogP contribution in [-0.4, -0.2) is 57.7 Å². The molecule has 1 aliphatic rings. The Labute approximate surface area is 114 Å².